The molecule has 1 aromatic rings. The zero-order valence-corrected chi connectivity index (χ0v) is 11.0. The third-order valence-corrected chi connectivity index (χ3v) is 5.74. The Labute approximate surface area is 100 Å². The lowest BCUT2D eigenvalue weighted by Gasteiger charge is -2.08. The van der Waals surface area contributed by atoms with Gasteiger partial charge in [0, 0.05) is 5.88 Å². The van der Waals surface area contributed by atoms with E-state index in [0.29, 0.717) is 22.4 Å². The predicted molar refractivity (Wildman–Crippen MR) is 65.5 cm³/mol. The van der Waals surface area contributed by atoms with Crippen molar-refractivity contribution < 1.29 is 8.42 Å². The molecule has 0 saturated carbocycles. The van der Waals surface area contributed by atoms with Gasteiger partial charge in [-0.3, -0.25) is 0 Å². The van der Waals surface area contributed by atoms with Crippen molar-refractivity contribution in [2.24, 2.45) is 5.92 Å². The van der Waals surface area contributed by atoms with E-state index in [4.69, 9.17) is 11.6 Å². The molecule has 0 aliphatic carbocycles. The maximum atomic E-state index is 11.8. The highest BCUT2D eigenvalue weighted by Crippen LogP contribution is 2.20. The fourth-order valence-electron chi connectivity index (χ4n) is 1.23. The van der Waals surface area contributed by atoms with Crippen molar-refractivity contribution >= 4 is 32.8 Å². The van der Waals surface area contributed by atoms with Gasteiger partial charge in [-0.25, -0.2) is 8.42 Å². The van der Waals surface area contributed by atoms with E-state index in [1.54, 1.807) is 17.5 Å². The minimum Gasteiger partial charge on any atom is -0.223 e. The first-order valence-electron chi connectivity index (χ1n) is 4.88. The molecule has 1 rings (SSSR count). The second kappa shape index (κ2) is 5.87. The van der Waals surface area contributed by atoms with Crippen LogP contribution in [0.25, 0.3) is 0 Å². The zero-order chi connectivity index (χ0) is 11.3. The van der Waals surface area contributed by atoms with Gasteiger partial charge in [0.25, 0.3) is 0 Å². The third-order valence-electron chi connectivity index (χ3n) is 2.28. The van der Waals surface area contributed by atoms with E-state index in [9.17, 15) is 8.42 Å². The molecule has 0 N–H and O–H groups in total. The standard InChI is InChI=1S/C10H15ClO2S2/c1-9(4-6-11)5-8-15(12,13)10-3-2-7-14-10/h2-3,7,9H,4-6,8H2,1H3. The van der Waals surface area contributed by atoms with Crippen LogP contribution in [-0.4, -0.2) is 20.1 Å². The summed E-state index contributed by atoms with van der Waals surface area (Å²) >= 11 is 6.88. The molecule has 1 aromatic heterocycles. The Balaban J connectivity index is 2.52. The molecule has 0 amide bonds. The fraction of sp³-hybridized carbons (Fsp3) is 0.600. The summed E-state index contributed by atoms with van der Waals surface area (Å²) in [4.78, 5) is 0. The molecule has 0 aromatic carbocycles. The molecule has 0 aliphatic heterocycles. The summed E-state index contributed by atoms with van der Waals surface area (Å²) in [5.74, 6) is 1.20. The smallest absolute Gasteiger partial charge is 0.187 e. The van der Waals surface area contributed by atoms with Crippen LogP contribution in [-0.2, 0) is 9.84 Å². The molecule has 1 atom stereocenters. The Morgan fingerprint density at radius 2 is 2.20 bits per heavy atom. The van der Waals surface area contributed by atoms with Crippen LogP contribution in [0.5, 0.6) is 0 Å². The average molecular weight is 267 g/mol. The van der Waals surface area contributed by atoms with Gasteiger partial charge >= 0.3 is 0 Å². The van der Waals surface area contributed by atoms with Gasteiger partial charge in [-0.1, -0.05) is 13.0 Å². The van der Waals surface area contributed by atoms with Crippen LogP contribution >= 0.6 is 22.9 Å². The van der Waals surface area contributed by atoms with Gasteiger partial charge in [0.1, 0.15) is 4.21 Å². The Morgan fingerprint density at radius 1 is 1.47 bits per heavy atom. The number of sulfone groups is 1. The highest BCUT2D eigenvalue weighted by molar-refractivity contribution is 7.93. The van der Waals surface area contributed by atoms with Crippen molar-refractivity contribution in [3.05, 3.63) is 17.5 Å². The van der Waals surface area contributed by atoms with Gasteiger partial charge in [-0.15, -0.1) is 22.9 Å². The predicted octanol–water partition coefficient (Wildman–Crippen LogP) is 3.18. The highest BCUT2D eigenvalue weighted by Gasteiger charge is 2.16. The molecular formula is C10H15ClO2S2. The first kappa shape index (κ1) is 13.0. The van der Waals surface area contributed by atoms with E-state index in [1.165, 1.54) is 11.3 Å². The van der Waals surface area contributed by atoms with E-state index in [2.05, 4.69) is 0 Å². The molecule has 0 radical (unpaired) electrons. The lowest BCUT2D eigenvalue weighted by Crippen LogP contribution is -2.09. The summed E-state index contributed by atoms with van der Waals surface area (Å²) in [6, 6.07) is 3.42. The monoisotopic (exact) mass is 266 g/mol. The number of thiophene rings is 1. The van der Waals surface area contributed by atoms with Crippen LogP contribution in [0.1, 0.15) is 19.8 Å². The summed E-state index contributed by atoms with van der Waals surface area (Å²) in [6.07, 6.45) is 1.56. The van der Waals surface area contributed by atoms with Gasteiger partial charge in [0.2, 0.25) is 0 Å². The number of halogens is 1. The number of hydrogen-bond donors (Lipinski definition) is 0. The van der Waals surface area contributed by atoms with E-state index in [0.717, 1.165) is 6.42 Å². The second-order valence-electron chi connectivity index (χ2n) is 3.62. The van der Waals surface area contributed by atoms with Crippen molar-refractivity contribution in [2.75, 3.05) is 11.6 Å². The van der Waals surface area contributed by atoms with Crippen LogP contribution in [0.4, 0.5) is 0 Å². The molecule has 5 heteroatoms. The Kier molecular flexibility index (Phi) is 5.09. The van der Waals surface area contributed by atoms with Crippen LogP contribution in [0.3, 0.4) is 0 Å². The summed E-state index contributed by atoms with van der Waals surface area (Å²) in [7, 11) is -3.05. The molecule has 15 heavy (non-hydrogen) atoms. The van der Waals surface area contributed by atoms with Crippen LogP contribution in [0.2, 0.25) is 0 Å². The molecule has 0 fully saturated rings. The van der Waals surface area contributed by atoms with Crippen molar-refractivity contribution in [2.45, 2.75) is 24.0 Å². The van der Waals surface area contributed by atoms with E-state index < -0.39 is 9.84 Å². The quantitative estimate of drug-likeness (QED) is 0.741. The van der Waals surface area contributed by atoms with E-state index in [1.807, 2.05) is 6.92 Å². The lowest BCUT2D eigenvalue weighted by atomic mass is 10.1. The van der Waals surface area contributed by atoms with Crippen LogP contribution in [0, 0.1) is 5.92 Å². The summed E-state index contributed by atoms with van der Waals surface area (Å²) in [5.41, 5.74) is 0. The topological polar surface area (TPSA) is 34.1 Å². The molecular weight excluding hydrogens is 252 g/mol. The fourth-order valence-corrected chi connectivity index (χ4v) is 4.25. The summed E-state index contributed by atoms with van der Waals surface area (Å²) in [5, 5.41) is 1.79. The molecule has 0 bridgehead atoms. The lowest BCUT2D eigenvalue weighted by molar-refractivity contribution is 0.535. The summed E-state index contributed by atoms with van der Waals surface area (Å²) < 4.78 is 24.0. The Hall–Kier alpha value is -0.0600. The van der Waals surface area contributed by atoms with Gasteiger partial charge in [-0.2, -0.15) is 0 Å². The van der Waals surface area contributed by atoms with E-state index >= 15 is 0 Å². The summed E-state index contributed by atoms with van der Waals surface area (Å²) in [6.45, 7) is 2.03. The second-order valence-corrected chi connectivity index (χ2v) is 7.28. The van der Waals surface area contributed by atoms with Crippen molar-refractivity contribution in [1.29, 1.82) is 0 Å². The van der Waals surface area contributed by atoms with Crippen molar-refractivity contribution in [3.8, 4) is 0 Å². The minimum absolute atomic E-state index is 0.228. The van der Waals surface area contributed by atoms with Crippen LogP contribution < -0.4 is 0 Å². The zero-order valence-electron chi connectivity index (χ0n) is 8.65. The molecule has 0 saturated heterocycles. The number of hydrogen-bond acceptors (Lipinski definition) is 3. The number of rotatable bonds is 6. The Morgan fingerprint density at radius 3 is 2.73 bits per heavy atom. The van der Waals surface area contributed by atoms with Gasteiger partial charge in [-0.05, 0) is 30.2 Å². The molecule has 0 aliphatic rings. The van der Waals surface area contributed by atoms with Gasteiger partial charge < -0.3 is 0 Å². The minimum atomic E-state index is -3.05. The highest BCUT2D eigenvalue weighted by atomic mass is 35.5. The first-order valence-corrected chi connectivity index (χ1v) is 7.95. The molecule has 1 unspecified atom stereocenters. The maximum Gasteiger partial charge on any atom is 0.187 e. The van der Waals surface area contributed by atoms with Gasteiger partial charge in [0.15, 0.2) is 9.84 Å². The first-order chi connectivity index (χ1) is 7.06. The largest absolute Gasteiger partial charge is 0.223 e. The van der Waals surface area contributed by atoms with Crippen molar-refractivity contribution in [1.82, 2.24) is 0 Å². The Bertz CT molecular complexity index is 370. The molecule has 1 heterocycles. The molecule has 0 spiro atoms. The van der Waals surface area contributed by atoms with Crippen molar-refractivity contribution in [3.63, 3.8) is 0 Å². The normalized spacial score (nSPS) is 14.0. The average Bonchev–Trinajstić information content (AvgIpc) is 2.69. The number of alkyl halides is 1. The molecule has 2 nitrogen and oxygen atoms in total. The third kappa shape index (κ3) is 4.13. The van der Waals surface area contributed by atoms with Crippen LogP contribution in [0.15, 0.2) is 21.7 Å². The van der Waals surface area contributed by atoms with E-state index in [-0.39, 0.29) is 5.75 Å². The van der Waals surface area contributed by atoms with Gasteiger partial charge in [0.05, 0.1) is 5.75 Å². The maximum absolute atomic E-state index is 11.8. The molecule has 86 valence electrons. The SMILES string of the molecule is CC(CCCl)CCS(=O)(=O)c1cccs1.